The van der Waals surface area contributed by atoms with Crippen LogP contribution >= 0.6 is 0 Å². The summed E-state index contributed by atoms with van der Waals surface area (Å²) in [7, 11) is 3.57. The minimum Gasteiger partial charge on any atom is -0.373 e. The van der Waals surface area contributed by atoms with Crippen molar-refractivity contribution in [2.24, 2.45) is 5.92 Å². The zero-order valence-electron chi connectivity index (χ0n) is 10.7. The van der Waals surface area contributed by atoms with Gasteiger partial charge in [-0.15, -0.1) is 0 Å². The molecular formula is C11H21N3O2. The van der Waals surface area contributed by atoms with Crippen LogP contribution in [0.15, 0.2) is 4.52 Å². The molecule has 16 heavy (non-hydrogen) atoms. The predicted octanol–water partition coefficient (Wildman–Crippen LogP) is 1.56. The van der Waals surface area contributed by atoms with E-state index in [1.807, 2.05) is 7.05 Å². The molecule has 1 N–H and O–H groups in total. The van der Waals surface area contributed by atoms with Gasteiger partial charge in [-0.2, -0.15) is 4.98 Å². The fourth-order valence-electron chi connectivity index (χ4n) is 1.51. The molecule has 0 amide bonds. The van der Waals surface area contributed by atoms with Crippen molar-refractivity contribution in [1.82, 2.24) is 15.5 Å². The molecule has 1 heterocycles. The van der Waals surface area contributed by atoms with Crippen LogP contribution in [0.4, 0.5) is 0 Å². The van der Waals surface area contributed by atoms with Crippen LogP contribution in [0.2, 0.25) is 0 Å². The van der Waals surface area contributed by atoms with Crippen molar-refractivity contribution < 1.29 is 9.26 Å². The van der Waals surface area contributed by atoms with Crippen LogP contribution in [0.3, 0.4) is 0 Å². The molecule has 0 bridgehead atoms. The highest BCUT2D eigenvalue weighted by atomic mass is 16.5. The molecule has 1 rings (SSSR count). The Morgan fingerprint density at radius 3 is 2.56 bits per heavy atom. The molecule has 92 valence electrons. The molecular weight excluding hydrogens is 206 g/mol. The highest BCUT2D eigenvalue weighted by Crippen LogP contribution is 2.22. The normalized spacial score (nSPS) is 15.4. The van der Waals surface area contributed by atoms with Gasteiger partial charge in [0.05, 0.1) is 0 Å². The fourth-order valence-corrected chi connectivity index (χ4v) is 1.51. The standard InChI is InChI=1S/C11H21N3O2/c1-7(2)10(15-5)11-13-9(16-14-11)6-8(3)12-4/h7-8,10,12H,6H2,1-5H3. The largest absolute Gasteiger partial charge is 0.373 e. The summed E-state index contributed by atoms with van der Waals surface area (Å²) in [6.45, 7) is 6.21. The Kier molecular flexibility index (Phi) is 4.89. The van der Waals surface area contributed by atoms with Crippen LogP contribution in [0.5, 0.6) is 0 Å². The van der Waals surface area contributed by atoms with Crippen LogP contribution in [0.25, 0.3) is 0 Å². The molecule has 2 atom stereocenters. The van der Waals surface area contributed by atoms with Crippen molar-refractivity contribution in [2.45, 2.75) is 39.3 Å². The lowest BCUT2D eigenvalue weighted by Crippen LogP contribution is -2.23. The minimum absolute atomic E-state index is 0.0950. The van der Waals surface area contributed by atoms with Crippen LogP contribution in [0.1, 0.15) is 38.6 Å². The van der Waals surface area contributed by atoms with Gasteiger partial charge >= 0.3 is 0 Å². The molecule has 1 aromatic heterocycles. The molecule has 0 radical (unpaired) electrons. The Balaban J connectivity index is 2.69. The summed E-state index contributed by atoms with van der Waals surface area (Å²) in [6, 6.07) is 0.327. The molecule has 0 aliphatic carbocycles. The number of rotatable bonds is 6. The summed E-state index contributed by atoms with van der Waals surface area (Å²) in [5.74, 6) is 1.62. The Morgan fingerprint density at radius 2 is 2.06 bits per heavy atom. The Bertz CT molecular complexity index is 312. The number of likely N-dealkylation sites (N-methyl/N-ethyl adjacent to an activating group) is 1. The zero-order valence-corrected chi connectivity index (χ0v) is 10.7. The van der Waals surface area contributed by atoms with Crippen molar-refractivity contribution >= 4 is 0 Å². The molecule has 1 aromatic rings. The second-order valence-electron chi connectivity index (χ2n) is 4.34. The van der Waals surface area contributed by atoms with Gasteiger partial charge in [-0.1, -0.05) is 19.0 Å². The minimum atomic E-state index is -0.0950. The molecule has 2 unspecified atom stereocenters. The summed E-state index contributed by atoms with van der Waals surface area (Å²) >= 11 is 0. The van der Waals surface area contributed by atoms with Crippen molar-refractivity contribution in [2.75, 3.05) is 14.2 Å². The van der Waals surface area contributed by atoms with Crippen molar-refractivity contribution in [3.63, 3.8) is 0 Å². The number of ether oxygens (including phenoxy) is 1. The Labute approximate surface area is 96.6 Å². The number of hydrogen-bond acceptors (Lipinski definition) is 5. The van der Waals surface area contributed by atoms with E-state index in [1.54, 1.807) is 7.11 Å². The van der Waals surface area contributed by atoms with Crippen molar-refractivity contribution in [1.29, 1.82) is 0 Å². The summed E-state index contributed by atoms with van der Waals surface area (Å²) in [5.41, 5.74) is 0. The monoisotopic (exact) mass is 227 g/mol. The molecule has 5 heteroatoms. The fraction of sp³-hybridized carbons (Fsp3) is 0.818. The molecule has 0 aliphatic heterocycles. The van der Waals surface area contributed by atoms with E-state index in [0.29, 0.717) is 23.7 Å². The van der Waals surface area contributed by atoms with Gasteiger partial charge in [0.2, 0.25) is 11.7 Å². The molecule has 0 aromatic carbocycles. The van der Waals surface area contributed by atoms with Crippen molar-refractivity contribution in [3.05, 3.63) is 11.7 Å². The van der Waals surface area contributed by atoms with Crippen LogP contribution in [-0.4, -0.2) is 30.3 Å². The Hall–Kier alpha value is -0.940. The van der Waals surface area contributed by atoms with E-state index in [-0.39, 0.29) is 6.10 Å². The first-order valence-electron chi connectivity index (χ1n) is 5.61. The van der Waals surface area contributed by atoms with Gasteiger partial charge in [-0.25, -0.2) is 0 Å². The lowest BCUT2D eigenvalue weighted by Gasteiger charge is -2.14. The van der Waals surface area contributed by atoms with E-state index in [1.165, 1.54) is 0 Å². The second kappa shape index (κ2) is 5.96. The molecule has 0 saturated heterocycles. The maximum absolute atomic E-state index is 5.34. The zero-order chi connectivity index (χ0) is 12.1. The van der Waals surface area contributed by atoms with Gasteiger partial charge in [0.1, 0.15) is 6.10 Å². The second-order valence-corrected chi connectivity index (χ2v) is 4.34. The Morgan fingerprint density at radius 1 is 1.38 bits per heavy atom. The summed E-state index contributed by atoms with van der Waals surface area (Å²) < 4.78 is 10.5. The van der Waals surface area contributed by atoms with Gasteiger partial charge in [0.25, 0.3) is 0 Å². The topological polar surface area (TPSA) is 60.2 Å². The van der Waals surface area contributed by atoms with Gasteiger partial charge in [-0.3, -0.25) is 0 Å². The maximum Gasteiger partial charge on any atom is 0.228 e. The highest BCUT2D eigenvalue weighted by molar-refractivity contribution is 4.94. The van der Waals surface area contributed by atoms with Crippen LogP contribution < -0.4 is 5.32 Å². The first-order chi connectivity index (χ1) is 7.58. The molecule has 0 aliphatic rings. The third-order valence-corrected chi connectivity index (χ3v) is 2.57. The smallest absolute Gasteiger partial charge is 0.228 e. The summed E-state index contributed by atoms with van der Waals surface area (Å²) in [5, 5.41) is 7.09. The molecule has 0 fully saturated rings. The van der Waals surface area contributed by atoms with E-state index in [2.05, 4.69) is 36.2 Å². The number of nitrogens with one attached hydrogen (secondary N) is 1. The number of methoxy groups -OCH3 is 1. The van der Waals surface area contributed by atoms with E-state index in [0.717, 1.165) is 6.42 Å². The summed E-state index contributed by atoms with van der Waals surface area (Å²) in [4.78, 5) is 4.35. The van der Waals surface area contributed by atoms with E-state index < -0.39 is 0 Å². The first-order valence-corrected chi connectivity index (χ1v) is 5.61. The van der Waals surface area contributed by atoms with Gasteiger partial charge in [0, 0.05) is 19.6 Å². The first kappa shape index (κ1) is 13.1. The number of aromatic nitrogens is 2. The third kappa shape index (κ3) is 3.28. The van der Waals surface area contributed by atoms with E-state index >= 15 is 0 Å². The van der Waals surface area contributed by atoms with Gasteiger partial charge < -0.3 is 14.6 Å². The van der Waals surface area contributed by atoms with Crippen LogP contribution in [-0.2, 0) is 11.2 Å². The average molecular weight is 227 g/mol. The molecule has 5 nitrogen and oxygen atoms in total. The van der Waals surface area contributed by atoms with E-state index in [4.69, 9.17) is 9.26 Å². The van der Waals surface area contributed by atoms with Gasteiger partial charge in [0.15, 0.2) is 0 Å². The quantitative estimate of drug-likeness (QED) is 0.799. The maximum atomic E-state index is 5.34. The lowest BCUT2D eigenvalue weighted by molar-refractivity contribution is 0.0555. The lowest BCUT2D eigenvalue weighted by atomic mass is 10.1. The SMILES string of the molecule is CNC(C)Cc1nc(C(OC)C(C)C)no1. The highest BCUT2D eigenvalue weighted by Gasteiger charge is 2.21. The molecule has 0 saturated carbocycles. The number of hydrogen-bond donors (Lipinski definition) is 1. The summed E-state index contributed by atoms with van der Waals surface area (Å²) in [6.07, 6.45) is 0.639. The van der Waals surface area contributed by atoms with Crippen LogP contribution in [0, 0.1) is 5.92 Å². The predicted molar refractivity (Wildman–Crippen MR) is 61.1 cm³/mol. The number of nitrogens with zero attached hydrogens (tertiary/aromatic N) is 2. The van der Waals surface area contributed by atoms with E-state index in [9.17, 15) is 0 Å². The average Bonchev–Trinajstić information content (AvgIpc) is 2.66. The van der Waals surface area contributed by atoms with Gasteiger partial charge in [-0.05, 0) is 19.9 Å². The molecule has 0 spiro atoms. The third-order valence-electron chi connectivity index (χ3n) is 2.57. The van der Waals surface area contributed by atoms with Crippen molar-refractivity contribution in [3.8, 4) is 0 Å².